The molecule has 1 heterocycles. The van der Waals surface area contributed by atoms with Crippen molar-refractivity contribution in [2.45, 2.75) is 33.1 Å². The van der Waals surface area contributed by atoms with Crippen LogP contribution in [0.5, 0.6) is 0 Å². The fourth-order valence-corrected chi connectivity index (χ4v) is 2.06. The summed E-state index contributed by atoms with van der Waals surface area (Å²) in [6.07, 6.45) is 2.75. The van der Waals surface area contributed by atoms with Gasteiger partial charge in [-0.05, 0) is 25.0 Å². The number of anilines is 1. The van der Waals surface area contributed by atoms with Crippen LogP contribution in [0.2, 0.25) is 0 Å². The molecule has 1 aromatic carbocycles. The van der Waals surface area contributed by atoms with E-state index >= 15 is 0 Å². The third-order valence-corrected chi connectivity index (χ3v) is 3.12. The summed E-state index contributed by atoms with van der Waals surface area (Å²) < 4.78 is 5.16. The second kappa shape index (κ2) is 5.67. The summed E-state index contributed by atoms with van der Waals surface area (Å²) in [5.74, 6) is 0.592. The fraction of sp³-hybridized carbons (Fsp3) is 0.429. The quantitative estimate of drug-likeness (QED) is 0.877. The number of aromatic nitrogens is 1. The lowest BCUT2D eigenvalue weighted by molar-refractivity contribution is -0.120. The lowest BCUT2D eigenvalue weighted by Crippen LogP contribution is -2.22. The van der Waals surface area contributed by atoms with Crippen LogP contribution in [0, 0.1) is 5.92 Å². The molecule has 0 saturated carbocycles. The molecule has 2 rings (SSSR count). The van der Waals surface area contributed by atoms with E-state index < -0.39 is 0 Å². The first-order chi connectivity index (χ1) is 8.76. The molecule has 1 atom stereocenters. The van der Waals surface area contributed by atoms with Gasteiger partial charge in [0.25, 0.3) is 0 Å². The molecular weight excluding hydrogens is 228 g/mol. The van der Waals surface area contributed by atoms with Crippen LogP contribution in [0.25, 0.3) is 11.0 Å². The van der Waals surface area contributed by atoms with Crippen LogP contribution in [0.4, 0.5) is 5.82 Å². The van der Waals surface area contributed by atoms with Crippen molar-refractivity contribution >= 4 is 22.7 Å². The SMILES string of the molecule is CCCC(CC)C(=O)Nc1noc2ccccc12. The van der Waals surface area contributed by atoms with Crippen LogP contribution in [0.1, 0.15) is 33.1 Å². The van der Waals surface area contributed by atoms with Gasteiger partial charge in [0.2, 0.25) is 5.91 Å². The summed E-state index contributed by atoms with van der Waals surface area (Å²) in [4.78, 5) is 12.1. The summed E-state index contributed by atoms with van der Waals surface area (Å²) in [5.41, 5.74) is 0.691. The van der Waals surface area contributed by atoms with Gasteiger partial charge in [0.15, 0.2) is 11.4 Å². The number of hydrogen-bond donors (Lipinski definition) is 1. The number of rotatable bonds is 5. The van der Waals surface area contributed by atoms with E-state index in [1.807, 2.05) is 31.2 Å². The normalized spacial score (nSPS) is 12.6. The van der Waals surface area contributed by atoms with E-state index in [1.54, 1.807) is 0 Å². The van der Waals surface area contributed by atoms with Crippen molar-refractivity contribution in [2.75, 3.05) is 5.32 Å². The molecule has 2 aromatic rings. The Labute approximate surface area is 106 Å². The Kier molecular flexibility index (Phi) is 3.97. The minimum Gasteiger partial charge on any atom is -0.354 e. The molecule has 0 spiro atoms. The number of para-hydroxylation sites is 1. The monoisotopic (exact) mass is 246 g/mol. The third kappa shape index (κ3) is 2.53. The molecule has 1 aromatic heterocycles. The highest BCUT2D eigenvalue weighted by Crippen LogP contribution is 2.23. The summed E-state index contributed by atoms with van der Waals surface area (Å²) in [6.45, 7) is 4.11. The first-order valence-electron chi connectivity index (χ1n) is 6.41. The number of carbonyl (C=O) groups is 1. The van der Waals surface area contributed by atoms with Gasteiger partial charge in [0.05, 0.1) is 5.39 Å². The molecule has 0 radical (unpaired) electrons. The molecule has 4 nitrogen and oxygen atoms in total. The van der Waals surface area contributed by atoms with Gasteiger partial charge < -0.3 is 9.84 Å². The van der Waals surface area contributed by atoms with E-state index in [9.17, 15) is 4.79 Å². The molecule has 0 aliphatic carbocycles. The molecule has 96 valence electrons. The number of hydrogen-bond acceptors (Lipinski definition) is 3. The number of benzene rings is 1. The van der Waals surface area contributed by atoms with Crippen LogP contribution < -0.4 is 5.32 Å². The predicted octanol–water partition coefficient (Wildman–Crippen LogP) is 3.59. The van der Waals surface area contributed by atoms with Gasteiger partial charge in [-0.2, -0.15) is 0 Å². The van der Waals surface area contributed by atoms with Crippen LogP contribution in [0.3, 0.4) is 0 Å². The van der Waals surface area contributed by atoms with Crippen molar-refractivity contribution in [1.29, 1.82) is 0 Å². The van der Waals surface area contributed by atoms with Gasteiger partial charge in [-0.15, -0.1) is 0 Å². The minimum atomic E-state index is 0.0263. The first kappa shape index (κ1) is 12.6. The van der Waals surface area contributed by atoms with E-state index in [0.29, 0.717) is 11.4 Å². The zero-order valence-corrected chi connectivity index (χ0v) is 10.8. The third-order valence-electron chi connectivity index (χ3n) is 3.12. The summed E-state index contributed by atoms with van der Waals surface area (Å²) in [7, 11) is 0. The zero-order chi connectivity index (χ0) is 13.0. The Morgan fingerprint density at radius 2 is 2.17 bits per heavy atom. The average molecular weight is 246 g/mol. The topological polar surface area (TPSA) is 55.1 Å². The van der Waals surface area contributed by atoms with E-state index in [0.717, 1.165) is 24.6 Å². The Bertz CT molecular complexity index is 533. The first-order valence-corrected chi connectivity index (χ1v) is 6.41. The van der Waals surface area contributed by atoms with Crippen molar-refractivity contribution in [1.82, 2.24) is 5.16 Å². The van der Waals surface area contributed by atoms with Gasteiger partial charge >= 0.3 is 0 Å². The number of amides is 1. The highest BCUT2D eigenvalue weighted by molar-refractivity contribution is 5.99. The van der Waals surface area contributed by atoms with Crippen molar-refractivity contribution in [2.24, 2.45) is 5.92 Å². The van der Waals surface area contributed by atoms with Gasteiger partial charge in [-0.25, -0.2) is 0 Å². The van der Waals surface area contributed by atoms with E-state index in [1.165, 1.54) is 0 Å². The molecule has 1 amide bonds. The lowest BCUT2D eigenvalue weighted by atomic mass is 10.00. The highest BCUT2D eigenvalue weighted by atomic mass is 16.5. The van der Waals surface area contributed by atoms with Gasteiger partial charge in [-0.1, -0.05) is 37.6 Å². The fourth-order valence-electron chi connectivity index (χ4n) is 2.06. The Morgan fingerprint density at radius 3 is 2.89 bits per heavy atom. The minimum absolute atomic E-state index is 0.0263. The second-order valence-corrected chi connectivity index (χ2v) is 4.41. The van der Waals surface area contributed by atoms with Crippen molar-refractivity contribution in [3.63, 3.8) is 0 Å². The molecule has 1 unspecified atom stereocenters. The van der Waals surface area contributed by atoms with Crippen LogP contribution in [-0.2, 0) is 4.79 Å². The summed E-state index contributed by atoms with van der Waals surface area (Å²) in [6, 6.07) is 7.51. The number of nitrogens with zero attached hydrogens (tertiary/aromatic N) is 1. The Hall–Kier alpha value is -1.84. The van der Waals surface area contributed by atoms with Crippen molar-refractivity contribution in [3.8, 4) is 0 Å². The van der Waals surface area contributed by atoms with Crippen LogP contribution in [0.15, 0.2) is 28.8 Å². The Morgan fingerprint density at radius 1 is 1.39 bits per heavy atom. The highest BCUT2D eigenvalue weighted by Gasteiger charge is 2.18. The smallest absolute Gasteiger partial charge is 0.228 e. The molecule has 0 bridgehead atoms. The maximum atomic E-state index is 12.1. The molecule has 0 aliphatic rings. The van der Waals surface area contributed by atoms with E-state index in [4.69, 9.17) is 4.52 Å². The predicted molar refractivity (Wildman–Crippen MR) is 71.3 cm³/mol. The van der Waals surface area contributed by atoms with Crippen LogP contribution in [-0.4, -0.2) is 11.1 Å². The number of fused-ring (bicyclic) bond motifs is 1. The van der Waals surface area contributed by atoms with Crippen LogP contribution >= 0.6 is 0 Å². The lowest BCUT2D eigenvalue weighted by Gasteiger charge is -2.12. The standard InChI is InChI=1S/C14H18N2O2/c1-3-7-10(4-2)14(17)15-13-11-8-5-6-9-12(11)18-16-13/h5-6,8-10H,3-4,7H2,1-2H3,(H,15,16,17). The number of nitrogens with one attached hydrogen (secondary N) is 1. The van der Waals surface area contributed by atoms with Gasteiger partial charge in [0.1, 0.15) is 0 Å². The second-order valence-electron chi connectivity index (χ2n) is 4.41. The maximum absolute atomic E-state index is 12.1. The van der Waals surface area contributed by atoms with Crippen molar-refractivity contribution < 1.29 is 9.32 Å². The average Bonchev–Trinajstić information content (AvgIpc) is 2.79. The molecule has 0 saturated heterocycles. The van der Waals surface area contributed by atoms with Crippen molar-refractivity contribution in [3.05, 3.63) is 24.3 Å². The maximum Gasteiger partial charge on any atom is 0.228 e. The molecular formula is C14H18N2O2. The summed E-state index contributed by atoms with van der Waals surface area (Å²) in [5, 5.41) is 7.61. The van der Waals surface area contributed by atoms with Gasteiger partial charge in [0, 0.05) is 5.92 Å². The van der Waals surface area contributed by atoms with Gasteiger partial charge in [-0.3, -0.25) is 4.79 Å². The van der Waals surface area contributed by atoms with E-state index in [2.05, 4.69) is 17.4 Å². The molecule has 18 heavy (non-hydrogen) atoms. The molecule has 1 N–H and O–H groups in total. The van der Waals surface area contributed by atoms with E-state index in [-0.39, 0.29) is 11.8 Å². The number of carbonyl (C=O) groups excluding carboxylic acids is 1. The Balaban J connectivity index is 2.16. The molecule has 0 fully saturated rings. The summed E-state index contributed by atoms with van der Waals surface area (Å²) >= 11 is 0. The largest absolute Gasteiger partial charge is 0.354 e. The molecule has 4 heteroatoms. The molecule has 0 aliphatic heterocycles. The zero-order valence-electron chi connectivity index (χ0n) is 10.8.